The van der Waals surface area contributed by atoms with Gasteiger partial charge in [-0.15, -0.1) is 0 Å². The molecule has 28 heavy (non-hydrogen) atoms. The number of carbonyl (C=O) groups excluding carboxylic acids is 1. The predicted molar refractivity (Wildman–Crippen MR) is 108 cm³/mol. The van der Waals surface area contributed by atoms with E-state index >= 15 is 0 Å². The van der Waals surface area contributed by atoms with Gasteiger partial charge in [-0.3, -0.25) is 0 Å². The van der Waals surface area contributed by atoms with Gasteiger partial charge in [0.2, 0.25) is 0 Å². The van der Waals surface area contributed by atoms with Gasteiger partial charge in [0.1, 0.15) is 18.1 Å². The molecular weight excluding hydrogens is 356 g/mol. The van der Waals surface area contributed by atoms with Crippen LogP contribution in [-0.2, 0) is 17.9 Å². The first-order chi connectivity index (χ1) is 13.6. The van der Waals surface area contributed by atoms with Gasteiger partial charge in [-0.1, -0.05) is 36.4 Å². The van der Waals surface area contributed by atoms with Gasteiger partial charge < -0.3 is 24.4 Å². The molecule has 0 unspecified atom stereocenters. The third kappa shape index (κ3) is 4.95. The molecule has 0 spiro atoms. The molecule has 1 amide bonds. The number of rotatable bonds is 8. The summed E-state index contributed by atoms with van der Waals surface area (Å²) in [5.74, 6) is 1.99. The molecule has 0 radical (unpaired) electrons. The zero-order valence-electron chi connectivity index (χ0n) is 16.7. The van der Waals surface area contributed by atoms with Crippen molar-refractivity contribution in [3.05, 3.63) is 59.7 Å². The van der Waals surface area contributed by atoms with E-state index in [0.717, 1.165) is 22.6 Å². The maximum absolute atomic E-state index is 12.1. The van der Waals surface area contributed by atoms with Gasteiger partial charge in [0.05, 0.1) is 14.2 Å². The molecule has 0 saturated carbocycles. The minimum absolute atomic E-state index is 0.246. The van der Waals surface area contributed by atoms with Gasteiger partial charge in [0, 0.05) is 43.2 Å². The van der Waals surface area contributed by atoms with Gasteiger partial charge in [-0.2, -0.15) is 0 Å². The van der Waals surface area contributed by atoms with Crippen molar-refractivity contribution in [2.45, 2.75) is 26.1 Å². The highest BCUT2D eigenvalue weighted by atomic mass is 16.6. The number of nitrogens with zero attached hydrogens (tertiary/aromatic N) is 1. The van der Waals surface area contributed by atoms with Crippen LogP contribution in [0.4, 0.5) is 4.79 Å². The molecule has 6 heteroatoms. The Bertz CT molecular complexity index is 775. The smallest absolute Gasteiger partial charge is 0.410 e. The van der Waals surface area contributed by atoms with E-state index in [1.807, 2.05) is 48.5 Å². The van der Waals surface area contributed by atoms with Crippen molar-refractivity contribution in [1.29, 1.82) is 0 Å². The highest BCUT2D eigenvalue weighted by Gasteiger charge is 2.35. The Labute approximate surface area is 166 Å². The molecule has 6 nitrogen and oxygen atoms in total. The highest BCUT2D eigenvalue weighted by Crippen LogP contribution is 2.25. The average molecular weight is 384 g/mol. The fourth-order valence-corrected chi connectivity index (χ4v) is 3.22. The quantitative estimate of drug-likeness (QED) is 0.755. The van der Waals surface area contributed by atoms with Gasteiger partial charge in [0.15, 0.2) is 0 Å². The second kappa shape index (κ2) is 9.46. The number of hydrogen-bond acceptors (Lipinski definition) is 5. The van der Waals surface area contributed by atoms with Crippen LogP contribution in [0.1, 0.15) is 18.1 Å². The molecule has 0 bridgehead atoms. The summed E-state index contributed by atoms with van der Waals surface area (Å²) in [6.07, 6.45) is -0.246. The first-order valence-corrected chi connectivity index (χ1v) is 9.50. The van der Waals surface area contributed by atoms with Crippen molar-refractivity contribution in [3.8, 4) is 11.5 Å². The largest absolute Gasteiger partial charge is 0.497 e. The summed E-state index contributed by atoms with van der Waals surface area (Å²) >= 11 is 0. The molecule has 150 valence electrons. The van der Waals surface area contributed by atoms with E-state index in [1.165, 1.54) is 0 Å². The summed E-state index contributed by atoms with van der Waals surface area (Å²) in [7, 11) is 3.30. The summed E-state index contributed by atoms with van der Waals surface area (Å²) in [6, 6.07) is 15.8. The summed E-state index contributed by atoms with van der Waals surface area (Å²) in [5.41, 5.74) is 2.07. The van der Waals surface area contributed by atoms with Crippen LogP contribution in [0.25, 0.3) is 0 Å². The maximum atomic E-state index is 12.1. The molecule has 1 aliphatic rings. The van der Waals surface area contributed by atoms with E-state index in [-0.39, 0.29) is 12.1 Å². The molecule has 0 aliphatic carbocycles. The van der Waals surface area contributed by atoms with Crippen LogP contribution >= 0.6 is 0 Å². The standard InChI is InChI=1S/C22H28N2O4/c1-16(23-12-18-9-10-20(26-2)11-21(18)27-3)19-13-24(14-19)22(25)28-15-17-7-5-4-6-8-17/h4-11,16,19,23H,12-15H2,1-3H3/t16-/m0/s1. The summed E-state index contributed by atoms with van der Waals surface area (Å²) < 4.78 is 16.1. The number of nitrogens with one attached hydrogen (secondary N) is 1. The Morgan fingerprint density at radius 3 is 2.57 bits per heavy atom. The van der Waals surface area contributed by atoms with Crippen LogP contribution in [0.2, 0.25) is 0 Å². The van der Waals surface area contributed by atoms with Crippen LogP contribution in [0.3, 0.4) is 0 Å². The molecule has 1 heterocycles. The first kappa shape index (κ1) is 20.0. The zero-order valence-corrected chi connectivity index (χ0v) is 16.7. The third-order valence-electron chi connectivity index (χ3n) is 5.19. The molecule has 1 atom stereocenters. The fourth-order valence-electron chi connectivity index (χ4n) is 3.22. The van der Waals surface area contributed by atoms with Gasteiger partial charge in [0.25, 0.3) is 0 Å². The molecule has 1 fully saturated rings. The van der Waals surface area contributed by atoms with E-state index in [0.29, 0.717) is 32.2 Å². The van der Waals surface area contributed by atoms with Crippen molar-refractivity contribution >= 4 is 6.09 Å². The van der Waals surface area contributed by atoms with Crippen molar-refractivity contribution < 1.29 is 19.0 Å². The van der Waals surface area contributed by atoms with E-state index in [2.05, 4.69) is 12.2 Å². The van der Waals surface area contributed by atoms with Gasteiger partial charge >= 0.3 is 6.09 Å². The topological polar surface area (TPSA) is 60.0 Å². The van der Waals surface area contributed by atoms with Crippen molar-refractivity contribution in [2.75, 3.05) is 27.3 Å². The number of hydrogen-bond donors (Lipinski definition) is 1. The van der Waals surface area contributed by atoms with E-state index < -0.39 is 0 Å². The maximum Gasteiger partial charge on any atom is 0.410 e. The van der Waals surface area contributed by atoms with Crippen molar-refractivity contribution in [2.24, 2.45) is 5.92 Å². The SMILES string of the molecule is COc1ccc(CN[C@@H](C)C2CN(C(=O)OCc3ccccc3)C2)c(OC)c1. The third-order valence-corrected chi connectivity index (χ3v) is 5.19. The fraction of sp³-hybridized carbons (Fsp3) is 0.409. The normalized spacial score (nSPS) is 14.9. The second-order valence-corrected chi connectivity index (χ2v) is 7.05. The Kier molecular flexibility index (Phi) is 6.76. The average Bonchev–Trinajstić information content (AvgIpc) is 2.70. The monoisotopic (exact) mass is 384 g/mol. The second-order valence-electron chi connectivity index (χ2n) is 7.05. The summed E-state index contributed by atoms with van der Waals surface area (Å²) in [6.45, 7) is 4.57. The Balaban J connectivity index is 1.41. The number of benzene rings is 2. The first-order valence-electron chi connectivity index (χ1n) is 9.50. The lowest BCUT2D eigenvalue weighted by Crippen LogP contribution is -2.56. The Morgan fingerprint density at radius 1 is 1.14 bits per heavy atom. The highest BCUT2D eigenvalue weighted by molar-refractivity contribution is 5.68. The van der Waals surface area contributed by atoms with Crippen LogP contribution in [0.5, 0.6) is 11.5 Å². The molecule has 1 saturated heterocycles. The minimum Gasteiger partial charge on any atom is -0.497 e. The summed E-state index contributed by atoms with van der Waals surface area (Å²) in [4.78, 5) is 13.9. The zero-order chi connectivity index (χ0) is 19.9. The Morgan fingerprint density at radius 2 is 1.89 bits per heavy atom. The molecule has 3 rings (SSSR count). The minimum atomic E-state index is -0.246. The number of amides is 1. The van der Waals surface area contributed by atoms with Gasteiger partial charge in [-0.05, 0) is 18.6 Å². The van der Waals surface area contributed by atoms with Crippen LogP contribution < -0.4 is 14.8 Å². The van der Waals surface area contributed by atoms with Crippen molar-refractivity contribution in [1.82, 2.24) is 10.2 Å². The predicted octanol–water partition coefficient (Wildman–Crippen LogP) is 3.45. The van der Waals surface area contributed by atoms with E-state index in [9.17, 15) is 4.79 Å². The van der Waals surface area contributed by atoms with Crippen molar-refractivity contribution in [3.63, 3.8) is 0 Å². The molecule has 0 aromatic heterocycles. The Hall–Kier alpha value is -2.73. The molecule has 1 aliphatic heterocycles. The number of methoxy groups -OCH3 is 2. The van der Waals surface area contributed by atoms with E-state index in [4.69, 9.17) is 14.2 Å². The number of carbonyl (C=O) groups is 1. The summed E-state index contributed by atoms with van der Waals surface area (Å²) in [5, 5.41) is 3.53. The lowest BCUT2D eigenvalue weighted by molar-refractivity contribution is 0.0395. The van der Waals surface area contributed by atoms with E-state index in [1.54, 1.807) is 19.1 Å². The molecule has 2 aromatic carbocycles. The molecule has 2 aromatic rings. The van der Waals surface area contributed by atoms with Crippen LogP contribution in [0, 0.1) is 5.92 Å². The lowest BCUT2D eigenvalue weighted by atomic mass is 9.93. The van der Waals surface area contributed by atoms with Crippen LogP contribution in [-0.4, -0.2) is 44.3 Å². The molecular formula is C22H28N2O4. The van der Waals surface area contributed by atoms with Crippen LogP contribution in [0.15, 0.2) is 48.5 Å². The van der Waals surface area contributed by atoms with Gasteiger partial charge in [-0.25, -0.2) is 4.79 Å². The number of ether oxygens (including phenoxy) is 3. The lowest BCUT2D eigenvalue weighted by Gasteiger charge is -2.41. The number of likely N-dealkylation sites (tertiary alicyclic amines) is 1. The molecule has 1 N–H and O–H groups in total.